The van der Waals surface area contributed by atoms with E-state index in [1.807, 2.05) is 31.3 Å². The third-order valence-electron chi connectivity index (χ3n) is 5.43. The number of nitrogens with zero attached hydrogens (tertiary/aromatic N) is 4. The van der Waals surface area contributed by atoms with Crippen LogP contribution in [0.5, 0.6) is 5.75 Å². The zero-order valence-corrected chi connectivity index (χ0v) is 18.9. The Kier molecular flexibility index (Phi) is 6.32. The van der Waals surface area contributed by atoms with Crippen LogP contribution in [0.25, 0.3) is 11.3 Å². The van der Waals surface area contributed by atoms with Gasteiger partial charge in [0.05, 0.1) is 36.3 Å². The number of ether oxygens (including phenoxy) is 1. The number of hydrogen-bond donors (Lipinski definition) is 2. The number of amides is 1. The van der Waals surface area contributed by atoms with Gasteiger partial charge in [-0.15, -0.1) is 0 Å². The van der Waals surface area contributed by atoms with E-state index in [4.69, 9.17) is 9.72 Å². The van der Waals surface area contributed by atoms with Crippen LogP contribution in [0, 0.1) is 6.92 Å². The Morgan fingerprint density at radius 3 is 2.81 bits per heavy atom. The van der Waals surface area contributed by atoms with Gasteiger partial charge in [-0.25, -0.2) is 9.97 Å². The van der Waals surface area contributed by atoms with Crippen molar-refractivity contribution in [3.8, 4) is 17.0 Å². The molecule has 2 aromatic heterocycles. The van der Waals surface area contributed by atoms with Crippen molar-refractivity contribution >= 4 is 23.2 Å². The molecule has 166 valence electrons. The second kappa shape index (κ2) is 9.32. The topological polar surface area (TPSA) is 92.3 Å². The zero-order valence-electron chi connectivity index (χ0n) is 18.9. The number of fused-ring (bicyclic) bond motifs is 3. The van der Waals surface area contributed by atoms with Gasteiger partial charge >= 0.3 is 0 Å². The van der Waals surface area contributed by atoms with Gasteiger partial charge in [-0.05, 0) is 64.2 Å². The van der Waals surface area contributed by atoms with Gasteiger partial charge in [-0.1, -0.05) is 0 Å². The Hall–Kier alpha value is -3.52. The molecule has 8 heteroatoms. The summed E-state index contributed by atoms with van der Waals surface area (Å²) in [5.74, 6) is 1.04. The van der Waals surface area contributed by atoms with Crippen molar-refractivity contribution in [3.63, 3.8) is 0 Å². The highest BCUT2D eigenvalue weighted by Gasteiger charge is 2.21. The van der Waals surface area contributed by atoms with Crippen molar-refractivity contribution in [1.82, 2.24) is 19.9 Å². The molecule has 1 aliphatic heterocycles. The van der Waals surface area contributed by atoms with Crippen LogP contribution in [0.4, 0.5) is 17.3 Å². The maximum absolute atomic E-state index is 12.4. The third-order valence-corrected chi connectivity index (χ3v) is 5.43. The van der Waals surface area contributed by atoms with Gasteiger partial charge in [0.25, 0.3) is 0 Å². The number of carbonyl (C=O) groups excluding carboxylic acids is 1. The van der Waals surface area contributed by atoms with Crippen LogP contribution in [-0.2, 0) is 17.6 Å². The summed E-state index contributed by atoms with van der Waals surface area (Å²) < 4.78 is 5.31. The Balaban J connectivity index is 1.63. The number of nitrogens with one attached hydrogen (secondary N) is 2. The van der Waals surface area contributed by atoms with E-state index in [1.165, 1.54) is 5.56 Å². The highest BCUT2D eigenvalue weighted by atomic mass is 16.5. The van der Waals surface area contributed by atoms with E-state index in [0.29, 0.717) is 17.4 Å². The molecule has 0 bridgehead atoms. The zero-order chi connectivity index (χ0) is 22.7. The first-order chi connectivity index (χ1) is 15.4. The number of benzene rings is 1. The van der Waals surface area contributed by atoms with Crippen LogP contribution in [0.3, 0.4) is 0 Å². The Bertz CT molecular complexity index is 1150. The number of carbonyl (C=O) groups is 1. The van der Waals surface area contributed by atoms with E-state index in [1.54, 1.807) is 13.3 Å². The van der Waals surface area contributed by atoms with Crippen molar-refractivity contribution < 1.29 is 9.53 Å². The number of aromatic nitrogens is 3. The van der Waals surface area contributed by atoms with Crippen molar-refractivity contribution in [2.75, 3.05) is 38.4 Å². The monoisotopic (exact) mass is 432 g/mol. The summed E-state index contributed by atoms with van der Waals surface area (Å²) in [6.45, 7) is 2.99. The molecule has 0 saturated carbocycles. The lowest BCUT2D eigenvalue weighted by atomic mass is 10.0. The molecule has 4 rings (SSSR count). The summed E-state index contributed by atoms with van der Waals surface area (Å²) in [6.07, 6.45) is 5.87. The van der Waals surface area contributed by atoms with Crippen molar-refractivity contribution in [1.29, 1.82) is 0 Å². The SMILES string of the molecule is COc1ccc2c(c1)NC(=O)Cc1cnc(Nc3cc(CCCN(C)C)cnc3C)nc1-2. The fraction of sp³-hybridized carbons (Fsp3) is 0.333. The predicted octanol–water partition coefficient (Wildman–Crippen LogP) is 3.59. The third kappa shape index (κ3) is 4.86. The summed E-state index contributed by atoms with van der Waals surface area (Å²) in [5, 5.41) is 6.26. The molecule has 0 unspecified atom stereocenters. The summed E-state index contributed by atoms with van der Waals surface area (Å²) in [5.41, 5.74) is 5.95. The summed E-state index contributed by atoms with van der Waals surface area (Å²) in [4.78, 5) is 28.3. The first-order valence-corrected chi connectivity index (χ1v) is 10.6. The molecular formula is C24H28N6O2. The molecule has 2 N–H and O–H groups in total. The highest BCUT2D eigenvalue weighted by Crippen LogP contribution is 2.35. The lowest BCUT2D eigenvalue weighted by molar-refractivity contribution is -0.115. The molecule has 0 saturated heterocycles. The van der Waals surface area contributed by atoms with E-state index in [-0.39, 0.29) is 12.3 Å². The molecule has 0 radical (unpaired) electrons. The molecule has 3 aromatic rings. The molecule has 1 aliphatic rings. The summed E-state index contributed by atoms with van der Waals surface area (Å²) in [6, 6.07) is 7.69. The molecule has 0 fully saturated rings. The molecule has 32 heavy (non-hydrogen) atoms. The van der Waals surface area contributed by atoms with Crippen LogP contribution in [-0.4, -0.2) is 53.5 Å². The Morgan fingerprint density at radius 1 is 1.19 bits per heavy atom. The smallest absolute Gasteiger partial charge is 0.228 e. The minimum Gasteiger partial charge on any atom is -0.497 e. The molecule has 0 spiro atoms. The maximum Gasteiger partial charge on any atom is 0.228 e. The van der Waals surface area contributed by atoms with E-state index in [2.05, 4.69) is 45.7 Å². The number of methoxy groups -OCH3 is 1. The van der Waals surface area contributed by atoms with Crippen LogP contribution >= 0.6 is 0 Å². The molecule has 8 nitrogen and oxygen atoms in total. The Morgan fingerprint density at radius 2 is 2.03 bits per heavy atom. The first kappa shape index (κ1) is 21.7. The molecule has 1 aromatic carbocycles. The number of rotatable bonds is 7. The van der Waals surface area contributed by atoms with Gasteiger partial charge in [0.2, 0.25) is 11.9 Å². The van der Waals surface area contributed by atoms with Gasteiger partial charge in [0.15, 0.2) is 0 Å². The van der Waals surface area contributed by atoms with E-state index in [9.17, 15) is 4.79 Å². The van der Waals surface area contributed by atoms with E-state index >= 15 is 0 Å². The van der Waals surface area contributed by atoms with Gasteiger partial charge in [0, 0.05) is 29.6 Å². The molecule has 3 heterocycles. The standard InChI is InChI=1S/C24H28N6O2/c1-15-20(10-16(13-25-15)6-5-9-30(2)3)28-24-26-14-17-11-22(31)27-21-12-18(32-4)7-8-19(21)23(17)29-24/h7-8,10,12-14H,5-6,9,11H2,1-4H3,(H,27,31)(H,26,28,29). The summed E-state index contributed by atoms with van der Waals surface area (Å²) >= 11 is 0. The average molecular weight is 433 g/mol. The summed E-state index contributed by atoms with van der Waals surface area (Å²) in [7, 11) is 5.75. The number of anilines is 3. The number of pyridine rings is 1. The average Bonchev–Trinajstić information content (AvgIpc) is 2.90. The van der Waals surface area contributed by atoms with E-state index < -0.39 is 0 Å². The van der Waals surface area contributed by atoms with Crippen LogP contribution in [0.15, 0.2) is 36.7 Å². The number of aryl methyl sites for hydroxylation is 2. The largest absolute Gasteiger partial charge is 0.497 e. The lowest BCUT2D eigenvalue weighted by Crippen LogP contribution is -2.13. The van der Waals surface area contributed by atoms with Crippen LogP contribution in [0.1, 0.15) is 23.2 Å². The molecule has 1 amide bonds. The maximum atomic E-state index is 12.4. The van der Waals surface area contributed by atoms with Gasteiger partial charge < -0.3 is 20.3 Å². The fourth-order valence-corrected chi connectivity index (χ4v) is 3.72. The lowest BCUT2D eigenvalue weighted by Gasteiger charge is -2.13. The number of hydrogen-bond acceptors (Lipinski definition) is 7. The van der Waals surface area contributed by atoms with Crippen molar-refractivity contribution in [2.24, 2.45) is 0 Å². The quantitative estimate of drug-likeness (QED) is 0.589. The van der Waals surface area contributed by atoms with Crippen molar-refractivity contribution in [2.45, 2.75) is 26.2 Å². The normalized spacial score (nSPS) is 12.6. The highest BCUT2D eigenvalue weighted by molar-refractivity contribution is 6.00. The van der Waals surface area contributed by atoms with E-state index in [0.717, 1.165) is 47.6 Å². The van der Waals surface area contributed by atoms with Gasteiger partial charge in [0.1, 0.15) is 5.75 Å². The van der Waals surface area contributed by atoms with Crippen molar-refractivity contribution in [3.05, 3.63) is 53.5 Å². The second-order valence-corrected chi connectivity index (χ2v) is 8.21. The van der Waals surface area contributed by atoms with Crippen LogP contribution in [0.2, 0.25) is 0 Å². The predicted molar refractivity (Wildman–Crippen MR) is 125 cm³/mol. The van der Waals surface area contributed by atoms with Crippen LogP contribution < -0.4 is 15.4 Å². The minimum atomic E-state index is -0.104. The van der Waals surface area contributed by atoms with Gasteiger partial charge in [-0.2, -0.15) is 0 Å². The van der Waals surface area contributed by atoms with Gasteiger partial charge in [-0.3, -0.25) is 9.78 Å². The first-order valence-electron chi connectivity index (χ1n) is 10.6. The second-order valence-electron chi connectivity index (χ2n) is 8.21. The molecule has 0 aliphatic carbocycles. The minimum absolute atomic E-state index is 0.104. The molecule has 0 atom stereocenters. The Labute approximate surface area is 188 Å². The fourth-order valence-electron chi connectivity index (χ4n) is 3.72. The molecular weight excluding hydrogens is 404 g/mol.